The first-order chi connectivity index (χ1) is 11.5. The number of rotatable bonds is 8. The predicted octanol–water partition coefficient (Wildman–Crippen LogP) is 3.81. The molecule has 1 aromatic carbocycles. The molecular weight excluding hydrogens is 344 g/mol. The number of thiophene rings is 1. The largest absolute Gasteiger partial charge is 0.339 e. The first kappa shape index (κ1) is 18.5. The van der Waals surface area contributed by atoms with Crippen molar-refractivity contribution in [2.75, 3.05) is 17.8 Å². The van der Waals surface area contributed by atoms with E-state index in [4.69, 9.17) is 0 Å². The maximum atomic E-state index is 12.5. The molecule has 7 heteroatoms. The minimum Gasteiger partial charge on any atom is -0.339 e. The lowest BCUT2D eigenvalue weighted by molar-refractivity contribution is 0.0755. The van der Waals surface area contributed by atoms with Gasteiger partial charge in [0, 0.05) is 24.3 Å². The van der Waals surface area contributed by atoms with Crippen LogP contribution in [0.3, 0.4) is 0 Å². The zero-order valence-corrected chi connectivity index (χ0v) is 15.5. The third-order valence-electron chi connectivity index (χ3n) is 3.42. The molecule has 1 amide bonds. The molecule has 0 radical (unpaired) electrons. The monoisotopic (exact) mass is 366 g/mol. The van der Waals surface area contributed by atoms with Gasteiger partial charge in [0.2, 0.25) is 0 Å². The quantitative estimate of drug-likeness (QED) is 0.772. The van der Waals surface area contributed by atoms with Crippen molar-refractivity contribution >= 4 is 33.0 Å². The van der Waals surface area contributed by atoms with E-state index >= 15 is 0 Å². The number of nitrogens with zero attached hydrogens (tertiary/aromatic N) is 1. The fourth-order valence-corrected chi connectivity index (χ4v) is 4.39. The van der Waals surface area contributed by atoms with Crippen molar-refractivity contribution in [1.82, 2.24) is 4.90 Å². The molecule has 1 aromatic heterocycles. The van der Waals surface area contributed by atoms with Gasteiger partial charge in [0.25, 0.3) is 15.9 Å². The second-order valence-electron chi connectivity index (χ2n) is 5.41. The molecule has 130 valence electrons. The van der Waals surface area contributed by atoms with Gasteiger partial charge < -0.3 is 4.90 Å². The van der Waals surface area contributed by atoms with Crippen molar-refractivity contribution in [2.45, 2.75) is 30.9 Å². The van der Waals surface area contributed by atoms with Crippen LogP contribution in [0, 0.1) is 0 Å². The molecular formula is C17H22N2O3S2. The second-order valence-corrected chi connectivity index (χ2v) is 8.26. The molecule has 0 bridgehead atoms. The Kier molecular flexibility index (Phi) is 6.39. The molecule has 1 N–H and O–H groups in total. The second kappa shape index (κ2) is 8.30. The van der Waals surface area contributed by atoms with E-state index in [1.54, 1.807) is 41.8 Å². The van der Waals surface area contributed by atoms with Crippen molar-refractivity contribution < 1.29 is 13.2 Å². The number of sulfonamides is 1. The highest BCUT2D eigenvalue weighted by atomic mass is 32.2. The van der Waals surface area contributed by atoms with Crippen LogP contribution in [-0.4, -0.2) is 32.3 Å². The van der Waals surface area contributed by atoms with Crippen LogP contribution in [0.1, 0.15) is 37.0 Å². The fourth-order valence-electron chi connectivity index (χ4n) is 2.34. The first-order valence-corrected chi connectivity index (χ1v) is 10.3. The minimum atomic E-state index is -3.56. The standard InChI is InChI=1S/C17H22N2O3S2/c1-3-11-19(12-4-2)17(20)14-7-9-15(10-8-14)18-24(21,22)16-6-5-13-23-16/h5-10,13,18H,3-4,11-12H2,1-2H3. The van der Waals surface area contributed by atoms with Crippen LogP contribution in [0.25, 0.3) is 0 Å². The molecule has 0 fully saturated rings. The zero-order chi connectivity index (χ0) is 17.6. The van der Waals surface area contributed by atoms with E-state index in [-0.39, 0.29) is 10.1 Å². The number of carbonyl (C=O) groups is 1. The Morgan fingerprint density at radius 2 is 1.71 bits per heavy atom. The Labute approximate surface area is 147 Å². The highest BCUT2D eigenvalue weighted by molar-refractivity contribution is 7.94. The van der Waals surface area contributed by atoms with Gasteiger partial charge in [0.1, 0.15) is 4.21 Å². The van der Waals surface area contributed by atoms with Crippen LogP contribution in [-0.2, 0) is 10.0 Å². The molecule has 0 aliphatic heterocycles. The average Bonchev–Trinajstić information content (AvgIpc) is 3.10. The molecule has 0 spiro atoms. The molecule has 0 saturated carbocycles. The summed E-state index contributed by atoms with van der Waals surface area (Å²) >= 11 is 1.16. The van der Waals surface area contributed by atoms with Crippen LogP contribution < -0.4 is 4.72 Å². The SMILES string of the molecule is CCCN(CCC)C(=O)c1ccc(NS(=O)(=O)c2cccs2)cc1. The minimum absolute atomic E-state index is 0.0219. The van der Waals surface area contributed by atoms with Crippen molar-refractivity contribution in [3.05, 3.63) is 47.3 Å². The topological polar surface area (TPSA) is 66.5 Å². The smallest absolute Gasteiger partial charge is 0.271 e. The van der Waals surface area contributed by atoms with E-state index in [9.17, 15) is 13.2 Å². The van der Waals surface area contributed by atoms with Crippen molar-refractivity contribution in [3.8, 4) is 0 Å². The summed E-state index contributed by atoms with van der Waals surface area (Å²) in [5, 5.41) is 1.71. The van der Waals surface area contributed by atoms with E-state index in [2.05, 4.69) is 4.72 Å². The maximum Gasteiger partial charge on any atom is 0.271 e. The van der Waals surface area contributed by atoms with E-state index in [1.165, 1.54) is 0 Å². The van der Waals surface area contributed by atoms with Gasteiger partial charge in [-0.2, -0.15) is 0 Å². The van der Waals surface area contributed by atoms with E-state index < -0.39 is 10.0 Å². The molecule has 2 aromatic rings. The van der Waals surface area contributed by atoms with Crippen LogP contribution in [0.4, 0.5) is 5.69 Å². The van der Waals surface area contributed by atoms with Gasteiger partial charge in [-0.1, -0.05) is 19.9 Å². The van der Waals surface area contributed by atoms with Gasteiger partial charge in [-0.15, -0.1) is 11.3 Å². The molecule has 0 atom stereocenters. The zero-order valence-electron chi connectivity index (χ0n) is 13.9. The number of benzene rings is 1. The van der Waals surface area contributed by atoms with Crippen LogP contribution in [0.5, 0.6) is 0 Å². The average molecular weight is 367 g/mol. The predicted molar refractivity (Wildman–Crippen MR) is 98.1 cm³/mol. The molecule has 24 heavy (non-hydrogen) atoms. The summed E-state index contributed by atoms with van der Waals surface area (Å²) < 4.78 is 27.2. The Balaban J connectivity index is 2.11. The molecule has 0 saturated heterocycles. The van der Waals surface area contributed by atoms with Crippen LogP contribution in [0.2, 0.25) is 0 Å². The van der Waals surface area contributed by atoms with E-state index in [0.717, 1.165) is 37.3 Å². The number of amides is 1. The van der Waals surface area contributed by atoms with Gasteiger partial charge >= 0.3 is 0 Å². The van der Waals surface area contributed by atoms with Crippen molar-refractivity contribution in [1.29, 1.82) is 0 Å². The molecule has 0 aliphatic rings. The summed E-state index contributed by atoms with van der Waals surface area (Å²) in [6.07, 6.45) is 1.81. The lowest BCUT2D eigenvalue weighted by Crippen LogP contribution is -2.32. The summed E-state index contributed by atoms with van der Waals surface area (Å²) in [5.41, 5.74) is 1.01. The number of carbonyl (C=O) groups excluding carboxylic acids is 1. The third kappa shape index (κ3) is 4.58. The Morgan fingerprint density at radius 3 is 2.21 bits per heavy atom. The van der Waals surface area contributed by atoms with Gasteiger partial charge in [-0.05, 0) is 48.6 Å². The number of hydrogen-bond acceptors (Lipinski definition) is 4. The molecule has 5 nitrogen and oxygen atoms in total. The van der Waals surface area contributed by atoms with Crippen molar-refractivity contribution in [2.24, 2.45) is 0 Å². The number of hydrogen-bond donors (Lipinski definition) is 1. The highest BCUT2D eigenvalue weighted by Crippen LogP contribution is 2.20. The van der Waals surface area contributed by atoms with Crippen LogP contribution >= 0.6 is 11.3 Å². The third-order valence-corrected chi connectivity index (χ3v) is 6.20. The van der Waals surface area contributed by atoms with Gasteiger partial charge in [-0.3, -0.25) is 9.52 Å². The van der Waals surface area contributed by atoms with E-state index in [1.807, 2.05) is 18.7 Å². The normalized spacial score (nSPS) is 11.2. The fraction of sp³-hybridized carbons (Fsp3) is 0.353. The first-order valence-electron chi connectivity index (χ1n) is 7.93. The van der Waals surface area contributed by atoms with Gasteiger partial charge in [0.05, 0.1) is 0 Å². The Bertz CT molecular complexity index is 748. The summed E-state index contributed by atoms with van der Waals surface area (Å²) in [6.45, 7) is 5.52. The number of anilines is 1. The highest BCUT2D eigenvalue weighted by Gasteiger charge is 2.17. The summed E-state index contributed by atoms with van der Waals surface area (Å²) in [6, 6.07) is 9.80. The summed E-state index contributed by atoms with van der Waals surface area (Å²) in [7, 11) is -3.56. The molecule has 2 rings (SSSR count). The maximum absolute atomic E-state index is 12.5. The summed E-state index contributed by atoms with van der Waals surface area (Å²) in [5.74, 6) is -0.0219. The Morgan fingerprint density at radius 1 is 1.08 bits per heavy atom. The van der Waals surface area contributed by atoms with E-state index in [0.29, 0.717) is 11.3 Å². The van der Waals surface area contributed by atoms with Gasteiger partial charge in [-0.25, -0.2) is 8.42 Å². The lowest BCUT2D eigenvalue weighted by atomic mass is 10.1. The van der Waals surface area contributed by atoms with Crippen LogP contribution in [0.15, 0.2) is 46.0 Å². The van der Waals surface area contributed by atoms with Gasteiger partial charge in [0.15, 0.2) is 0 Å². The Hall–Kier alpha value is -1.86. The molecule has 0 unspecified atom stereocenters. The van der Waals surface area contributed by atoms with Crippen molar-refractivity contribution in [3.63, 3.8) is 0 Å². The number of nitrogens with one attached hydrogen (secondary N) is 1. The summed E-state index contributed by atoms with van der Waals surface area (Å²) in [4.78, 5) is 14.3. The molecule has 0 aliphatic carbocycles. The lowest BCUT2D eigenvalue weighted by Gasteiger charge is -2.21. The molecule has 1 heterocycles.